The molecule has 3 aromatic rings. The van der Waals surface area contributed by atoms with E-state index in [1.807, 2.05) is 67.6 Å². The minimum Gasteiger partial charge on any atom is -0.448 e. The van der Waals surface area contributed by atoms with Crippen molar-refractivity contribution in [3.63, 3.8) is 0 Å². The number of rotatable bonds is 7. The van der Waals surface area contributed by atoms with Gasteiger partial charge in [0, 0.05) is 11.0 Å². The van der Waals surface area contributed by atoms with Crippen molar-refractivity contribution in [2.45, 2.75) is 34.8 Å². The van der Waals surface area contributed by atoms with Crippen molar-refractivity contribution in [2.24, 2.45) is 5.73 Å². The van der Waals surface area contributed by atoms with Crippen molar-refractivity contribution in [3.05, 3.63) is 83.1 Å². The number of carbonyl (C=O) groups excluding carboxylic acids is 2. The summed E-state index contributed by atoms with van der Waals surface area (Å²) in [7, 11) is 0. The van der Waals surface area contributed by atoms with Gasteiger partial charge in [0.1, 0.15) is 17.1 Å². The summed E-state index contributed by atoms with van der Waals surface area (Å²) in [6, 6.07) is 18.5. The van der Waals surface area contributed by atoms with Gasteiger partial charge in [-0.3, -0.25) is 9.69 Å². The number of H-pyrrole nitrogens is 1. The van der Waals surface area contributed by atoms with Crippen LogP contribution in [0.4, 0.5) is 0 Å². The SMILES string of the molecule is CC(Sc1nn[nH]n1)C1=C(C(=O)OC(c2ccccc2)c2ccccc2)N2C(=O)C(N)[C@@H]2SC1. The largest absolute Gasteiger partial charge is 0.448 e. The number of aromatic nitrogens is 4. The van der Waals surface area contributed by atoms with Gasteiger partial charge in [0.25, 0.3) is 0 Å². The zero-order valence-corrected chi connectivity index (χ0v) is 19.8. The highest BCUT2D eigenvalue weighted by Crippen LogP contribution is 2.43. The number of nitrogens with two attached hydrogens (primary N) is 1. The Hall–Kier alpha value is -3.15. The van der Waals surface area contributed by atoms with Gasteiger partial charge < -0.3 is 10.5 Å². The topological polar surface area (TPSA) is 127 Å². The van der Waals surface area contributed by atoms with Crippen LogP contribution in [0.2, 0.25) is 0 Å². The predicted molar refractivity (Wildman–Crippen MR) is 128 cm³/mol. The maximum Gasteiger partial charge on any atom is 0.356 e. The molecule has 1 fully saturated rings. The van der Waals surface area contributed by atoms with Gasteiger partial charge in [0.05, 0.1) is 0 Å². The van der Waals surface area contributed by atoms with Crippen LogP contribution in [0.5, 0.6) is 0 Å². The monoisotopic (exact) mass is 494 g/mol. The van der Waals surface area contributed by atoms with Crippen LogP contribution in [0.1, 0.15) is 24.2 Å². The lowest BCUT2D eigenvalue weighted by Gasteiger charge is -2.49. The van der Waals surface area contributed by atoms with Gasteiger partial charge in [0.2, 0.25) is 11.1 Å². The number of carbonyl (C=O) groups is 2. The quantitative estimate of drug-likeness (QED) is 0.289. The number of thioether (sulfide) groups is 2. The maximum absolute atomic E-state index is 13.7. The molecule has 2 unspecified atom stereocenters. The minimum atomic E-state index is -0.631. The molecule has 0 aliphatic carbocycles. The number of aromatic amines is 1. The summed E-state index contributed by atoms with van der Waals surface area (Å²) in [5.41, 5.74) is 8.75. The van der Waals surface area contributed by atoms with Crippen LogP contribution < -0.4 is 5.73 Å². The van der Waals surface area contributed by atoms with Crippen LogP contribution in [-0.2, 0) is 14.3 Å². The first-order valence-electron chi connectivity index (χ1n) is 10.7. The first-order chi connectivity index (χ1) is 16.5. The second-order valence-electron chi connectivity index (χ2n) is 7.87. The van der Waals surface area contributed by atoms with Crippen LogP contribution in [-0.4, -0.2) is 59.8 Å². The Labute approximate surface area is 204 Å². The first kappa shape index (κ1) is 22.6. The summed E-state index contributed by atoms with van der Waals surface area (Å²) in [5, 5.41) is 14.0. The summed E-state index contributed by atoms with van der Waals surface area (Å²) in [6.07, 6.45) is -0.623. The standard InChI is InChI=1S/C23H22N6O3S2/c1-13(34-23-25-27-28-26-23)16-12-33-21-17(24)20(30)29(21)18(16)22(31)32-19(14-8-4-2-5-9-14)15-10-6-3-7-11-15/h2-11,13,17,19,21H,12,24H2,1H3,(H,25,26,27,28)/t13?,17?,21-/m0/s1. The lowest BCUT2D eigenvalue weighted by Crippen LogP contribution is -2.68. The molecule has 3 atom stereocenters. The minimum absolute atomic E-state index is 0.190. The summed E-state index contributed by atoms with van der Waals surface area (Å²) in [6.45, 7) is 1.95. The molecule has 2 aliphatic rings. The molecule has 3 heterocycles. The number of benzene rings is 2. The fourth-order valence-electron chi connectivity index (χ4n) is 4.02. The van der Waals surface area contributed by atoms with E-state index in [9.17, 15) is 9.59 Å². The second-order valence-corrected chi connectivity index (χ2v) is 10.3. The van der Waals surface area contributed by atoms with Gasteiger partial charge in [-0.1, -0.05) is 72.4 Å². The number of ether oxygens (including phenoxy) is 1. The number of β-lactam (4-membered cyclic amide) rings is 1. The molecule has 174 valence electrons. The Morgan fingerprint density at radius 1 is 1.18 bits per heavy atom. The number of nitrogens with one attached hydrogen (secondary N) is 1. The molecule has 1 amide bonds. The van der Waals surface area contributed by atoms with E-state index >= 15 is 0 Å². The molecule has 2 aromatic carbocycles. The lowest BCUT2D eigenvalue weighted by atomic mass is 10.0. The van der Waals surface area contributed by atoms with Crippen molar-refractivity contribution in [2.75, 3.05) is 5.75 Å². The second kappa shape index (κ2) is 9.61. The van der Waals surface area contributed by atoms with Gasteiger partial charge in [-0.15, -0.1) is 22.0 Å². The fourth-order valence-corrected chi connectivity index (χ4v) is 6.38. The highest BCUT2D eigenvalue weighted by molar-refractivity contribution is 8.01. The molecule has 1 saturated heterocycles. The van der Waals surface area contributed by atoms with Crippen molar-refractivity contribution in [3.8, 4) is 0 Å². The molecule has 0 radical (unpaired) electrons. The number of hydrogen-bond donors (Lipinski definition) is 2. The van der Waals surface area contributed by atoms with Crippen LogP contribution >= 0.6 is 23.5 Å². The Morgan fingerprint density at radius 2 is 1.82 bits per heavy atom. The average molecular weight is 495 g/mol. The molecular formula is C23H22N6O3S2. The van der Waals surface area contributed by atoms with Crippen molar-refractivity contribution >= 4 is 35.4 Å². The number of esters is 1. The van der Waals surface area contributed by atoms with Gasteiger partial charge >= 0.3 is 5.97 Å². The molecule has 1 aromatic heterocycles. The molecule has 0 bridgehead atoms. The van der Waals surface area contributed by atoms with E-state index in [0.29, 0.717) is 10.9 Å². The molecule has 9 nitrogen and oxygen atoms in total. The average Bonchev–Trinajstić information content (AvgIpc) is 3.39. The van der Waals surface area contributed by atoms with Gasteiger partial charge in [-0.2, -0.15) is 5.21 Å². The van der Waals surface area contributed by atoms with E-state index in [-0.39, 0.29) is 22.2 Å². The van der Waals surface area contributed by atoms with E-state index < -0.39 is 18.1 Å². The zero-order valence-electron chi connectivity index (χ0n) is 18.2. The smallest absolute Gasteiger partial charge is 0.356 e. The molecule has 34 heavy (non-hydrogen) atoms. The highest BCUT2D eigenvalue weighted by atomic mass is 32.2. The lowest BCUT2D eigenvalue weighted by molar-refractivity contribution is -0.153. The van der Waals surface area contributed by atoms with E-state index in [4.69, 9.17) is 10.5 Å². The molecule has 0 spiro atoms. The van der Waals surface area contributed by atoms with Crippen LogP contribution in [0.25, 0.3) is 0 Å². The van der Waals surface area contributed by atoms with E-state index in [0.717, 1.165) is 16.7 Å². The number of hydrogen-bond acceptors (Lipinski definition) is 9. The Balaban J connectivity index is 1.51. The molecule has 0 saturated carbocycles. The van der Waals surface area contributed by atoms with Gasteiger partial charge in [-0.25, -0.2) is 4.79 Å². The third-order valence-corrected chi connectivity index (χ3v) is 8.11. The van der Waals surface area contributed by atoms with E-state index in [1.165, 1.54) is 16.7 Å². The molecule has 3 N–H and O–H groups in total. The fraction of sp³-hybridized carbons (Fsp3) is 0.261. The molecule has 2 aliphatic heterocycles. The number of tetrazole rings is 1. The van der Waals surface area contributed by atoms with Crippen molar-refractivity contribution < 1.29 is 14.3 Å². The molecule has 11 heteroatoms. The summed E-state index contributed by atoms with van der Waals surface area (Å²) in [5.74, 6) is -0.298. The van der Waals surface area contributed by atoms with Gasteiger partial charge in [-0.05, 0) is 28.8 Å². The summed E-state index contributed by atoms with van der Waals surface area (Å²) < 4.78 is 6.11. The van der Waals surface area contributed by atoms with E-state index in [2.05, 4.69) is 20.6 Å². The Morgan fingerprint density at radius 3 is 2.41 bits per heavy atom. The van der Waals surface area contributed by atoms with Crippen LogP contribution in [0.3, 0.4) is 0 Å². The zero-order chi connectivity index (χ0) is 23.7. The van der Waals surface area contributed by atoms with Crippen LogP contribution in [0, 0.1) is 0 Å². The van der Waals surface area contributed by atoms with Crippen molar-refractivity contribution in [1.29, 1.82) is 0 Å². The number of amides is 1. The maximum atomic E-state index is 13.7. The number of fused-ring (bicyclic) bond motifs is 1. The normalized spacial score (nSPS) is 20.7. The van der Waals surface area contributed by atoms with E-state index in [1.54, 1.807) is 11.8 Å². The summed E-state index contributed by atoms with van der Waals surface area (Å²) >= 11 is 2.90. The Kier molecular flexibility index (Phi) is 6.40. The number of nitrogens with zero attached hydrogens (tertiary/aromatic N) is 4. The Bertz CT molecular complexity index is 1170. The third kappa shape index (κ3) is 4.22. The summed E-state index contributed by atoms with van der Waals surface area (Å²) in [4.78, 5) is 27.9. The van der Waals surface area contributed by atoms with Crippen LogP contribution in [0.15, 0.2) is 77.1 Å². The molecular weight excluding hydrogens is 472 g/mol. The van der Waals surface area contributed by atoms with Gasteiger partial charge in [0.15, 0.2) is 6.10 Å². The first-order valence-corrected chi connectivity index (χ1v) is 12.6. The highest BCUT2D eigenvalue weighted by Gasteiger charge is 2.52. The molecule has 5 rings (SSSR count). The van der Waals surface area contributed by atoms with Crippen molar-refractivity contribution in [1.82, 2.24) is 25.5 Å². The third-order valence-electron chi connectivity index (χ3n) is 5.76. The predicted octanol–water partition coefficient (Wildman–Crippen LogP) is 2.51.